The number of likely N-dealkylation sites (tertiary alicyclic amines) is 1. The summed E-state index contributed by atoms with van der Waals surface area (Å²) >= 11 is 0. The minimum Gasteiger partial charge on any atom is -0.493 e. The van der Waals surface area contributed by atoms with Crippen molar-refractivity contribution in [2.45, 2.75) is 39.2 Å². The first-order valence-corrected chi connectivity index (χ1v) is 12.2. The Hall–Kier alpha value is -3.39. The summed E-state index contributed by atoms with van der Waals surface area (Å²) in [6, 6.07) is 14.1. The molecule has 0 atom stereocenters. The van der Waals surface area contributed by atoms with Crippen LogP contribution in [0.1, 0.15) is 36.3 Å². The molecule has 2 heterocycles. The highest BCUT2D eigenvalue weighted by molar-refractivity contribution is 5.78. The van der Waals surface area contributed by atoms with E-state index in [4.69, 9.17) is 14.0 Å². The maximum Gasteiger partial charge on any atom is 0.241 e. The summed E-state index contributed by atoms with van der Waals surface area (Å²) < 4.78 is 16.1. The molecule has 1 saturated heterocycles. The number of benzene rings is 2. The number of hydrogen-bond donors (Lipinski definition) is 1. The van der Waals surface area contributed by atoms with Crippen LogP contribution in [0.4, 0.5) is 0 Å². The van der Waals surface area contributed by atoms with E-state index in [9.17, 15) is 4.79 Å². The fraction of sp³-hybridized carbons (Fsp3) is 0.444. The molecule has 3 aromatic rings. The lowest BCUT2D eigenvalue weighted by Crippen LogP contribution is -2.40. The number of nitrogens with zero attached hydrogens (tertiary/aromatic N) is 3. The van der Waals surface area contributed by atoms with Crippen molar-refractivity contribution < 1.29 is 18.8 Å². The molecule has 1 amide bonds. The Kier molecular flexibility index (Phi) is 8.36. The highest BCUT2D eigenvalue weighted by Crippen LogP contribution is 2.31. The molecule has 4 rings (SSSR count). The summed E-state index contributed by atoms with van der Waals surface area (Å²) in [7, 11) is 3.20. The van der Waals surface area contributed by atoms with Crippen LogP contribution in [0.5, 0.6) is 11.5 Å². The molecule has 1 aliphatic heterocycles. The van der Waals surface area contributed by atoms with Crippen LogP contribution in [0.25, 0.3) is 11.4 Å². The zero-order valence-corrected chi connectivity index (χ0v) is 20.8. The van der Waals surface area contributed by atoms with Crippen LogP contribution in [0.15, 0.2) is 47.0 Å². The van der Waals surface area contributed by atoms with Gasteiger partial charge in [0.25, 0.3) is 0 Å². The van der Waals surface area contributed by atoms with E-state index in [-0.39, 0.29) is 11.8 Å². The molecule has 0 spiro atoms. The Labute approximate surface area is 206 Å². The van der Waals surface area contributed by atoms with E-state index in [0.717, 1.165) is 44.3 Å². The number of aryl methyl sites for hydroxylation is 2. The number of piperidine rings is 1. The molecule has 2 aromatic carbocycles. The van der Waals surface area contributed by atoms with Crippen LogP contribution in [-0.4, -0.2) is 54.8 Å². The first-order valence-electron chi connectivity index (χ1n) is 12.2. The van der Waals surface area contributed by atoms with Gasteiger partial charge in [-0.15, -0.1) is 0 Å². The Morgan fingerprint density at radius 1 is 1.09 bits per heavy atom. The normalized spacial score (nSPS) is 14.6. The lowest BCUT2D eigenvalue weighted by atomic mass is 9.96. The van der Waals surface area contributed by atoms with Crippen molar-refractivity contribution in [1.82, 2.24) is 20.4 Å². The number of carbonyl (C=O) groups excluding carboxylic acids is 1. The van der Waals surface area contributed by atoms with E-state index in [2.05, 4.69) is 51.5 Å². The van der Waals surface area contributed by atoms with E-state index in [1.165, 1.54) is 11.1 Å². The van der Waals surface area contributed by atoms with E-state index < -0.39 is 0 Å². The first kappa shape index (κ1) is 24.7. The molecule has 8 heteroatoms. The number of rotatable bonds is 10. The molecular weight excluding hydrogens is 444 g/mol. The van der Waals surface area contributed by atoms with Crippen LogP contribution in [0.2, 0.25) is 0 Å². The molecule has 0 radical (unpaired) electrons. The van der Waals surface area contributed by atoms with Gasteiger partial charge in [-0.05, 0) is 69.5 Å². The van der Waals surface area contributed by atoms with E-state index >= 15 is 0 Å². The smallest absolute Gasteiger partial charge is 0.241 e. The maximum atomic E-state index is 12.6. The van der Waals surface area contributed by atoms with Crippen molar-refractivity contribution >= 4 is 5.91 Å². The second-order valence-corrected chi connectivity index (χ2v) is 9.01. The molecule has 8 nitrogen and oxygen atoms in total. The number of methoxy groups -OCH3 is 2. The molecule has 0 bridgehead atoms. The van der Waals surface area contributed by atoms with Crippen molar-refractivity contribution in [2.24, 2.45) is 5.92 Å². The zero-order valence-electron chi connectivity index (χ0n) is 20.8. The van der Waals surface area contributed by atoms with Gasteiger partial charge in [-0.25, -0.2) is 0 Å². The number of ether oxygens (including phenoxy) is 2. The van der Waals surface area contributed by atoms with Crippen LogP contribution in [0.3, 0.4) is 0 Å². The second kappa shape index (κ2) is 11.8. The number of amides is 1. The van der Waals surface area contributed by atoms with Crippen LogP contribution in [0, 0.1) is 12.8 Å². The predicted molar refractivity (Wildman–Crippen MR) is 133 cm³/mol. The monoisotopic (exact) mass is 478 g/mol. The van der Waals surface area contributed by atoms with Gasteiger partial charge in [-0.1, -0.05) is 35.0 Å². The Bertz CT molecular complexity index is 1100. The lowest BCUT2D eigenvalue weighted by molar-refractivity contribution is -0.126. The van der Waals surface area contributed by atoms with Crippen molar-refractivity contribution in [1.29, 1.82) is 0 Å². The average Bonchev–Trinajstić information content (AvgIpc) is 3.36. The van der Waals surface area contributed by atoms with Crippen LogP contribution >= 0.6 is 0 Å². The summed E-state index contributed by atoms with van der Waals surface area (Å²) in [6.07, 6.45) is 3.60. The molecule has 35 heavy (non-hydrogen) atoms. The van der Waals surface area contributed by atoms with E-state index in [1.54, 1.807) is 14.2 Å². The number of aromatic nitrogens is 2. The van der Waals surface area contributed by atoms with E-state index in [1.807, 2.05) is 18.2 Å². The summed E-state index contributed by atoms with van der Waals surface area (Å²) in [5.74, 6) is 2.58. The first-order chi connectivity index (χ1) is 17.1. The number of nitrogens with one attached hydrogen (secondary N) is 1. The Balaban J connectivity index is 1.20. The fourth-order valence-electron chi connectivity index (χ4n) is 4.36. The third kappa shape index (κ3) is 6.60. The fourth-order valence-corrected chi connectivity index (χ4v) is 4.36. The van der Waals surface area contributed by atoms with Crippen LogP contribution in [-0.2, 0) is 17.8 Å². The molecule has 1 N–H and O–H groups in total. The van der Waals surface area contributed by atoms with Crippen molar-refractivity contribution in [2.75, 3.05) is 33.9 Å². The quantitative estimate of drug-likeness (QED) is 0.440. The number of hydrogen-bond acceptors (Lipinski definition) is 7. The summed E-state index contributed by atoms with van der Waals surface area (Å²) in [5.41, 5.74) is 3.38. The minimum atomic E-state index is 0.0654. The van der Waals surface area contributed by atoms with Gasteiger partial charge in [0.2, 0.25) is 17.6 Å². The Morgan fingerprint density at radius 2 is 1.83 bits per heavy atom. The topological polar surface area (TPSA) is 89.7 Å². The van der Waals surface area contributed by atoms with Gasteiger partial charge in [0.15, 0.2) is 11.5 Å². The largest absolute Gasteiger partial charge is 0.493 e. The van der Waals surface area contributed by atoms with Crippen LogP contribution < -0.4 is 14.8 Å². The van der Waals surface area contributed by atoms with Crippen molar-refractivity contribution in [3.8, 4) is 22.9 Å². The standard InChI is InChI=1S/C27H34N4O4/c1-19-6-8-20(9-7-19)5-4-14-28-27(32)21-12-15-31(16-13-21)18-25-29-26(30-35-25)22-10-11-23(33-2)24(17-22)34-3/h6-11,17,21H,4-5,12-16,18H2,1-3H3,(H,28,32). The molecule has 0 saturated carbocycles. The predicted octanol–water partition coefficient (Wildman–Crippen LogP) is 4.02. The highest BCUT2D eigenvalue weighted by atomic mass is 16.5. The molecule has 0 aliphatic carbocycles. The molecular formula is C27H34N4O4. The van der Waals surface area contributed by atoms with Crippen molar-refractivity contribution in [3.05, 3.63) is 59.5 Å². The van der Waals surface area contributed by atoms with Gasteiger partial charge >= 0.3 is 0 Å². The third-order valence-electron chi connectivity index (χ3n) is 6.49. The maximum absolute atomic E-state index is 12.6. The van der Waals surface area contributed by atoms with Gasteiger partial charge in [-0.2, -0.15) is 4.98 Å². The molecule has 1 fully saturated rings. The van der Waals surface area contributed by atoms with Gasteiger partial charge in [0, 0.05) is 18.0 Å². The van der Waals surface area contributed by atoms with E-state index in [0.29, 0.717) is 36.3 Å². The SMILES string of the molecule is COc1ccc(-c2noc(CN3CCC(C(=O)NCCCc4ccc(C)cc4)CC3)n2)cc1OC. The van der Waals surface area contributed by atoms with Crippen molar-refractivity contribution in [3.63, 3.8) is 0 Å². The molecule has 1 aromatic heterocycles. The van der Waals surface area contributed by atoms with Gasteiger partial charge in [-0.3, -0.25) is 9.69 Å². The second-order valence-electron chi connectivity index (χ2n) is 9.01. The minimum absolute atomic E-state index is 0.0654. The van der Waals surface area contributed by atoms with Gasteiger partial charge < -0.3 is 19.3 Å². The summed E-state index contributed by atoms with van der Waals surface area (Å²) in [4.78, 5) is 19.4. The summed E-state index contributed by atoms with van der Waals surface area (Å²) in [6.45, 7) is 5.04. The highest BCUT2D eigenvalue weighted by Gasteiger charge is 2.26. The third-order valence-corrected chi connectivity index (χ3v) is 6.49. The molecule has 0 unspecified atom stereocenters. The Morgan fingerprint density at radius 3 is 2.54 bits per heavy atom. The lowest BCUT2D eigenvalue weighted by Gasteiger charge is -2.30. The molecule has 1 aliphatic rings. The zero-order chi connectivity index (χ0) is 24.6. The average molecular weight is 479 g/mol. The van der Waals surface area contributed by atoms with Gasteiger partial charge in [0.1, 0.15) is 0 Å². The molecule has 186 valence electrons. The number of carbonyl (C=O) groups is 1. The van der Waals surface area contributed by atoms with Gasteiger partial charge in [0.05, 0.1) is 20.8 Å². The summed E-state index contributed by atoms with van der Waals surface area (Å²) in [5, 5.41) is 7.24.